The number of amides is 2. The minimum absolute atomic E-state index is 0.0612. The first kappa shape index (κ1) is 24.8. The van der Waals surface area contributed by atoms with Crippen molar-refractivity contribution < 1.29 is 22.8 Å². The van der Waals surface area contributed by atoms with Crippen LogP contribution in [0.3, 0.4) is 0 Å². The van der Waals surface area contributed by atoms with Gasteiger partial charge in [0.25, 0.3) is 11.5 Å². The number of H-pyrrole nitrogens is 1. The van der Waals surface area contributed by atoms with Gasteiger partial charge in [-0.05, 0) is 55.3 Å². The van der Waals surface area contributed by atoms with Crippen LogP contribution >= 0.6 is 11.8 Å². The van der Waals surface area contributed by atoms with Gasteiger partial charge in [0, 0.05) is 11.3 Å². The third-order valence-corrected chi connectivity index (χ3v) is 5.73. The molecule has 3 aromatic rings. The van der Waals surface area contributed by atoms with Crippen LogP contribution in [0.1, 0.15) is 27.0 Å². The molecule has 0 radical (unpaired) electrons. The zero-order valence-electron chi connectivity index (χ0n) is 18.0. The van der Waals surface area contributed by atoms with E-state index >= 15 is 0 Å². The minimum atomic E-state index is -4.54. The lowest BCUT2D eigenvalue weighted by atomic mass is 10.1. The number of nitrogen functional groups attached to an aromatic ring is 1. The number of nitrogens with two attached hydrogens (primary N) is 1. The molecule has 12 heteroatoms. The normalized spacial score (nSPS) is 11.2. The van der Waals surface area contributed by atoms with E-state index in [-0.39, 0.29) is 33.9 Å². The van der Waals surface area contributed by atoms with Gasteiger partial charge in [0.15, 0.2) is 11.0 Å². The van der Waals surface area contributed by atoms with Gasteiger partial charge in [0.05, 0.1) is 11.3 Å². The first-order chi connectivity index (χ1) is 16.0. The van der Waals surface area contributed by atoms with E-state index in [1.54, 1.807) is 6.07 Å². The number of anilines is 3. The van der Waals surface area contributed by atoms with Crippen molar-refractivity contribution in [3.63, 3.8) is 0 Å². The van der Waals surface area contributed by atoms with Crippen LogP contribution in [0.25, 0.3) is 0 Å². The highest BCUT2D eigenvalue weighted by atomic mass is 32.2. The molecule has 0 bridgehead atoms. The van der Waals surface area contributed by atoms with Crippen molar-refractivity contribution in [2.45, 2.75) is 25.2 Å². The first-order valence-corrected chi connectivity index (χ1v) is 10.8. The molecule has 0 aliphatic heterocycles. The summed E-state index contributed by atoms with van der Waals surface area (Å²) in [5.41, 5.74) is 6.28. The highest BCUT2D eigenvalue weighted by Crippen LogP contribution is 2.29. The maximum Gasteiger partial charge on any atom is 0.416 e. The molecule has 0 fully saturated rings. The van der Waals surface area contributed by atoms with Crippen LogP contribution in [0.4, 0.5) is 30.4 Å². The molecule has 3 rings (SSSR count). The van der Waals surface area contributed by atoms with Gasteiger partial charge in [-0.2, -0.15) is 13.2 Å². The minimum Gasteiger partial charge on any atom is -0.382 e. The highest BCUT2D eigenvalue weighted by molar-refractivity contribution is 7.99. The molecule has 0 aliphatic carbocycles. The molecule has 0 saturated carbocycles. The largest absolute Gasteiger partial charge is 0.416 e. The monoisotopic (exact) mass is 491 g/mol. The molecule has 178 valence electrons. The number of nitrogens with one attached hydrogen (secondary N) is 3. The summed E-state index contributed by atoms with van der Waals surface area (Å²) in [6.07, 6.45) is -4.54. The first-order valence-electron chi connectivity index (χ1n) is 9.83. The lowest BCUT2D eigenvalue weighted by Crippen LogP contribution is -2.23. The SMILES string of the molecule is Cc1cccc(NC(=O)CSc2nc(N)c(NC(=O)c3ccc(C(F)(F)F)cc3)c(=O)[nH]2)c1C. The number of halogens is 3. The summed E-state index contributed by atoms with van der Waals surface area (Å²) < 4.78 is 38.0. The summed E-state index contributed by atoms with van der Waals surface area (Å²) in [5, 5.41) is 5.09. The molecule has 0 unspecified atom stereocenters. The Labute approximate surface area is 196 Å². The smallest absolute Gasteiger partial charge is 0.382 e. The molecule has 5 N–H and O–H groups in total. The molecule has 34 heavy (non-hydrogen) atoms. The Hall–Kier alpha value is -3.80. The average molecular weight is 491 g/mol. The third-order valence-electron chi connectivity index (χ3n) is 4.86. The Bertz CT molecular complexity index is 1290. The molecule has 1 aromatic heterocycles. The Morgan fingerprint density at radius 3 is 2.38 bits per heavy atom. The summed E-state index contributed by atoms with van der Waals surface area (Å²) in [6.45, 7) is 3.81. The van der Waals surface area contributed by atoms with Crippen molar-refractivity contribution in [1.82, 2.24) is 9.97 Å². The molecule has 0 spiro atoms. The molecular weight excluding hydrogens is 471 g/mol. The Morgan fingerprint density at radius 2 is 1.76 bits per heavy atom. The second-order valence-electron chi connectivity index (χ2n) is 7.24. The number of thioether (sulfide) groups is 1. The summed E-state index contributed by atoms with van der Waals surface area (Å²) in [6, 6.07) is 8.99. The van der Waals surface area contributed by atoms with Gasteiger partial charge in [-0.25, -0.2) is 4.98 Å². The number of hydrogen-bond acceptors (Lipinski definition) is 6. The molecular formula is C22H20F3N5O3S. The number of carbonyl (C=O) groups is 2. The molecule has 8 nitrogen and oxygen atoms in total. The van der Waals surface area contributed by atoms with E-state index in [1.807, 2.05) is 26.0 Å². The van der Waals surface area contributed by atoms with Crippen molar-refractivity contribution in [3.05, 3.63) is 75.1 Å². The van der Waals surface area contributed by atoms with Crippen molar-refractivity contribution in [2.75, 3.05) is 22.1 Å². The summed E-state index contributed by atoms with van der Waals surface area (Å²) in [5.74, 6) is -1.52. The molecule has 0 saturated heterocycles. The maximum atomic E-state index is 12.7. The van der Waals surface area contributed by atoms with Gasteiger partial charge >= 0.3 is 6.18 Å². The Balaban J connectivity index is 1.65. The van der Waals surface area contributed by atoms with Crippen LogP contribution in [0.15, 0.2) is 52.4 Å². The molecule has 1 heterocycles. The summed E-state index contributed by atoms with van der Waals surface area (Å²) in [4.78, 5) is 43.4. The second-order valence-corrected chi connectivity index (χ2v) is 8.21. The van der Waals surface area contributed by atoms with E-state index < -0.39 is 23.2 Å². The van der Waals surface area contributed by atoms with Gasteiger partial charge < -0.3 is 16.4 Å². The predicted octanol–water partition coefficient (Wildman–Crippen LogP) is 3.97. The number of aromatic amines is 1. The molecule has 2 amide bonds. The van der Waals surface area contributed by atoms with E-state index in [0.29, 0.717) is 5.69 Å². The van der Waals surface area contributed by atoms with Gasteiger partial charge in [-0.1, -0.05) is 23.9 Å². The van der Waals surface area contributed by atoms with E-state index in [1.165, 1.54) is 0 Å². The van der Waals surface area contributed by atoms with E-state index in [0.717, 1.165) is 47.2 Å². The predicted molar refractivity (Wildman–Crippen MR) is 124 cm³/mol. The standard InChI is InChI=1S/C22H20F3N5O3S/c1-11-4-3-5-15(12(11)2)27-16(31)10-34-21-29-18(26)17(20(33)30-21)28-19(32)13-6-8-14(9-7-13)22(23,24)25/h3-9H,10H2,1-2H3,(H,27,31)(H,28,32)(H3,26,29,30,33). The summed E-state index contributed by atoms with van der Waals surface area (Å²) in [7, 11) is 0. The van der Waals surface area contributed by atoms with Crippen LogP contribution in [0, 0.1) is 13.8 Å². The van der Waals surface area contributed by atoms with Gasteiger partial charge in [-0.3, -0.25) is 19.4 Å². The zero-order chi connectivity index (χ0) is 25.0. The summed E-state index contributed by atoms with van der Waals surface area (Å²) >= 11 is 0.936. The fourth-order valence-corrected chi connectivity index (χ4v) is 3.53. The number of carbonyl (C=O) groups excluding carboxylic acids is 2. The fourth-order valence-electron chi connectivity index (χ4n) is 2.86. The van der Waals surface area contributed by atoms with Crippen molar-refractivity contribution in [3.8, 4) is 0 Å². The van der Waals surface area contributed by atoms with Crippen LogP contribution in [-0.2, 0) is 11.0 Å². The average Bonchev–Trinajstić information content (AvgIpc) is 2.77. The van der Waals surface area contributed by atoms with Crippen LogP contribution in [-0.4, -0.2) is 27.5 Å². The number of nitrogens with zero attached hydrogens (tertiary/aromatic N) is 1. The number of aromatic nitrogens is 2. The topological polar surface area (TPSA) is 130 Å². The number of aryl methyl sites for hydroxylation is 1. The Kier molecular flexibility index (Phi) is 7.30. The number of alkyl halides is 3. The zero-order valence-corrected chi connectivity index (χ0v) is 18.9. The fraction of sp³-hybridized carbons (Fsp3) is 0.182. The van der Waals surface area contributed by atoms with E-state index in [9.17, 15) is 27.6 Å². The van der Waals surface area contributed by atoms with Crippen LogP contribution in [0.2, 0.25) is 0 Å². The molecule has 2 aromatic carbocycles. The lowest BCUT2D eigenvalue weighted by Gasteiger charge is -2.11. The van der Waals surface area contributed by atoms with Crippen molar-refractivity contribution >= 4 is 40.8 Å². The highest BCUT2D eigenvalue weighted by Gasteiger charge is 2.30. The molecule has 0 atom stereocenters. The Morgan fingerprint density at radius 1 is 1.09 bits per heavy atom. The van der Waals surface area contributed by atoms with Crippen LogP contribution in [0.5, 0.6) is 0 Å². The third kappa shape index (κ3) is 5.95. The van der Waals surface area contributed by atoms with Crippen molar-refractivity contribution in [2.24, 2.45) is 0 Å². The number of rotatable bonds is 6. The second kappa shape index (κ2) is 10.00. The molecule has 0 aliphatic rings. The number of hydrogen-bond donors (Lipinski definition) is 4. The maximum absolute atomic E-state index is 12.7. The van der Waals surface area contributed by atoms with Gasteiger partial charge in [0.1, 0.15) is 5.69 Å². The van der Waals surface area contributed by atoms with E-state index in [2.05, 4.69) is 20.6 Å². The van der Waals surface area contributed by atoms with E-state index in [4.69, 9.17) is 5.73 Å². The van der Waals surface area contributed by atoms with Crippen molar-refractivity contribution in [1.29, 1.82) is 0 Å². The van der Waals surface area contributed by atoms with Gasteiger partial charge in [0.2, 0.25) is 5.91 Å². The quantitative estimate of drug-likeness (QED) is 0.305. The van der Waals surface area contributed by atoms with Crippen LogP contribution < -0.4 is 21.9 Å². The number of benzene rings is 2. The van der Waals surface area contributed by atoms with Gasteiger partial charge in [-0.15, -0.1) is 0 Å². The lowest BCUT2D eigenvalue weighted by molar-refractivity contribution is -0.137.